The van der Waals surface area contributed by atoms with E-state index in [9.17, 15) is 0 Å². The maximum Gasteiger partial charge on any atom is 0.131 e. The minimum Gasteiger partial charge on any atom is -0.310 e. The van der Waals surface area contributed by atoms with E-state index in [1.807, 2.05) is 7.05 Å². The Labute approximate surface area is 90.4 Å². The van der Waals surface area contributed by atoms with Crippen molar-refractivity contribution in [2.75, 3.05) is 0 Å². The molecule has 0 aliphatic heterocycles. The maximum absolute atomic E-state index is 6.14. The summed E-state index contributed by atoms with van der Waals surface area (Å²) < 4.78 is 1.73. The zero-order valence-corrected chi connectivity index (χ0v) is 10.0. The average Bonchev–Trinajstić information content (AvgIpc) is 2.40. The molecule has 1 aromatic heterocycles. The van der Waals surface area contributed by atoms with Gasteiger partial charge in [0.15, 0.2) is 0 Å². The third-order valence-corrected chi connectivity index (χ3v) is 2.65. The van der Waals surface area contributed by atoms with Crippen molar-refractivity contribution in [1.29, 1.82) is 0 Å². The molecular weight excluding hydrogens is 198 g/mol. The van der Waals surface area contributed by atoms with Crippen LogP contribution in [0.5, 0.6) is 0 Å². The van der Waals surface area contributed by atoms with Crippen LogP contribution in [0.25, 0.3) is 0 Å². The highest BCUT2D eigenvalue weighted by Gasteiger charge is 2.12. The highest BCUT2D eigenvalue weighted by Crippen LogP contribution is 2.19. The second-order valence-corrected chi connectivity index (χ2v) is 4.09. The Morgan fingerprint density at radius 3 is 2.64 bits per heavy atom. The Morgan fingerprint density at radius 1 is 1.50 bits per heavy atom. The standard InChI is InChI=1S/C10H18ClN3/c1-5-9-8(6-12-7(2)3)10(11)14(4)13-9/h7,12H,5-6H2,1-4H3. The molecule has 0 radical (unpaired) electrons. The highest BCUT2D eigenvalue weighted by atomic mass is 35.5. The van der Waals surface area contributed by atoms with Crippen LogP contribution in [0.2, 0.25) is 5.15 Å². The van der Waals surface area contributed by atoms with Gasteiger partial charge in [0.05, 0.1) is 5.69 Å². The van der Waals surface area contributed by atoms with Gasteiger partial charge in [0, 0.05) is 25.2 Å². The van der Waals surface area contributed by atoms with Gasteiger partial charge < -0.3 is 5.32 Å². The summed E-state index contributed by atoms with van der Waals surface area (Å²) >= 11 is 6.14. The molecule has 14 heavy (non-hydrogen) atoms. The zero-order valence-electron chi connectivity index (χ0n) is 9.26. The van der Waals surface area contributed by atoms with Crippen molar-refractivity contribution in [3.8, 4) is 0 Å². The molecule has 0 aliphatic carbocycles. The molecule has 0 spiro atoms. The van der Waals surface area contributed by atoms with Crippen molar-refractivity contribution in [2.45, 2.75) is 39.8 Å². The van der Waals surface area contributed by atoms with E-state index >= 15 is 0 Å². The minimum absolute atomic E-state index is 0.468. The molecule has 0 unspecified atom stereocenters. The van der Waals surface area contributed by atoms with Crippen molar-refractivity contribution >= 4 is 11.6 Å². The second kappa shape index (κ2) is 4.80. The Bertz CT molecular complexity index is 305. The number of aromatic nitrogens is 2. The second-order valence-electron chi connectivity index (χ2n) is 3.73. The lowest BCUT2D eigenvalue weighted by Crippen LogP contribution is -2.22. The normalized spacial score (nSPS) is 11.3. The summed E-state index contributed by atoms with van der Waals surface area (Å²) in [6.45, 7) is 7.14. The Morgan fingerprint density at radius 2 is 2.14 bits per heavy atom. The van der Waals surface area contributed by atoms with Crippen molar-refractivity contribution in [3.05, 3.63) is 16.4 Å². The molecule has 0 fully saturated rings. The molecule has 1 rings (SSSR count). The van der Waals surface area contributed by atoms with Crippen molar-refractivity contribution in [3.63, 3.8) is 0 Å². The van der Waals surface area contributed by atoms with E-state index in [1.165, 1.54) is 0 Å². The summed E-state index contributed by atoms with van der Waals surface area (Å²) in [5, 5.41) is 8.45. The number of nitrogens with zero attached hydrogens (tertiary/aromatic N) is 2. The number of hydrogen-bond acceptors (Lipinski definition) is 2. The number of aryl methyl sites for hydroxylation is 2. The van der Waals surface area contributed by atoms with E-state index in [0.717, 1.165) is 29.4 Å². The lowest BCUT2D eigenvalue weighted by Gasteiger charge is -2.07. The average molecular weight is 216 g/mol. The van der Waals surface area contributed by atoms with Gasteiger partial charge in [-0.1, -0.05) is 32.4 Å². The first-order valence-corrected chi connectivity index (χ1v) is 5.37. The van der Waals surface area contributed by atoms with Gasteiger partial charge in [-0.2, -0.15) is 5.10 Å². The Balaban J connectivity index is 2.82. The van der Waals surface area contributed by atoms with Crippen molar-refractivity contribution < 1.29 is 0 Å². The lowest BCUT2D eigenvalue weighted by atomic mass is 10.2. The molecule has 0 bridgehead atoms. The van der Waals surface area contributed by atoms with Gasteiger partial charge in [0.1, 0.15) is 5.15 Å². The molecule has 0 aliphatic rings. The molecule has 1 aromatic rings. The molecule has 0 amide bonds. The molecule has 0 saturated heterocycles. The third kappa shape index (κ3) is 2.49. The predicted molar refractivity (Wildman–Crippen MR) is 59.6 cm³/mol. The van der Waals surface area contributed by atoms with Crippen LogP contribution in [0.4, 0.5) is 0 Å². The fourth-order valence-corrected chi connectivity index (χ4v) is 1.58. The Hall–Kier alpha value is -0.540. The third-order valence-electron chi connectivity index (χ3n) is 2.17. The number of halogens is 1. The molecule has 80 valence electrons. The van der Waals surface area contributed by atoms with Crippen LogP contribution >= 0.6 is 11.6 Å². The van der Waals surface area contributed by atoms with Crippen LogP contribution in [0, 0.1) is 0 Å². The lowest BCUT2D eigenvalue weighted by molar-refractivity contribution is 0.586. The fraction of sp³-hybridized carbons (Fsp3) is 0.700. The van der Waals surface area contributed by atoms with Crippen molar-refractivity contribution in [1.82, 2.24) is 15.1 Å². The summed E-state index contributed by atoms with van der Waals surface area (Å²) in [6.07, 6.45) is 0.926. The van der Waals surface area contributed by atoms with E-state index in [-0.39, 0.29) is 0 Å². The molecule has 0 aromatic carbocycles. The van der Waals surface area contributed by atoms with E-state index in [1.54, 1.807) is 4.68 Å². The molecule has 4 heteroatoms. The molecular formula is C10H18ClN3. The van der Waals surface area contributed by atoms with Gasteiger partial charge in [-0.15, -0.1) is 0 Å². The van der Waals surface area contributed by atoms with Gasteiger partial charge in [-0.05, 0) is 6.42 Å². The predicted octanol–water partition coefficient (Wildman–Crippen LogP) is 2.13. The number of nitrogens with one attached hydrogen (secondary N) is 1. The van der Waals surface area contributed by atoms with Crippen LogP contribution in [0.3, 0.4) is 0 Å². The van der Waals surface area contributed by atoms with E-state index in [0.29, 0.717) is 6.04 Å². The first-order chi connectivity index (χ1) is 6.56. The largest absolute Gasteiger partial charge is 0.310 e. The summed E-state index contributed by atoms with van der Waals surface area (Å²) in [6, 6.07) is 0.468. The van der Waals surface area contributed by atoms with E-state index in [4.69, 9.17) is 11.6 Å². The first-order valence-electron chi connectivity index (χ1n) is 4.99. The maximum atomic E-state index is 6.14. The van der Waals surface area contributed by atoms with Crippen LogP contribution in [-0.4, -0.2) is 15.8 Å². The molecule has 1 heterocycles. The van der Waals surface area contributed by atoms with Crippen LogP contribution in [-0.2, 0) is 20.0 Å². The molecule has 0 atom stereocenters. The smallest absolute Gasteiger partial charge is 0.131 e. The monoisotopic (exact) mass is 215 g/mol. The zero-order chi connectivity index (χ0) is 10.7. The van der Waals surface area contributed by atoms with Gasteiger partial charge in [-0.25, -0.2) is 0 Å². The molecule has 3 nitrogen and oxygen atoms in total. The number of hydrogen-bond donors (Lipinski definition) is 1. The summed E-state index contributed by atoms with van der Waals surface area (Å²) in [5.41, 5.74) is 2.22. The molecule has 1 N–H and O–H groups in total. The van der Waals surface area contributed by atoms with Gasteiger partial charge in [-0.3, -0.25) is 4.68 Å². The summed E-state index contributed by atoms with van der Waals surface area (Å²) in [4.78, 5) is 0. The minimum atomic E-state index is 0.468. The topological polar surface area (TPSA) is 29.9 Å². The fourth-order valence-electron chi connectivity index (χ4n) is 1.36. The Kier molecular flexibility index (Phi) is 3.96. The number of rotatable bonds is 4. The van der Waals surface area contributed by atoms with Crippen molar-refractivity contribution in [2.24, 2.45) is 7.05 Å². The summed E-state index contributed by atoms with van der Waals surface area (Å²) in [7, 11) is 1.88. The highest BCUT2D eigenvalue weighted by molar-refractivity contribution is 6.30. The van der Waals surface area contributed by atoms with Gasteiger partial charge >= 0.3 is 0 Å². The summed E-state index contributed by atoms with van der Waals surface area (Å²) in [5.74, 6) is 0. The molecule has 0 saturated carbocycles. The first kappa shape index (κ1) is 11.5. The van der Waals surface area contributed by atoms with Crippen LogP contribution < -0.4 is 5.32 Å². The SMILES string of the molecule is CCc1nn(C)c(Cl)c1CNC(C)C. The van der Waals surface area contributed by atoms with E-state index in [2.05, 4.69) is 31.2 Å². The quantitative estimate of drug-likeness (QED) is 0.834. The van der Waals surface area contributed by atoms with Crippen LogP contribution in [0.15, 0.2) is 0 Å². The van der Waals surface area contributed by atoms with Crippen LogP contribution in [0.1, 0.15) is 32.0 Å². The van der Waals surface area contributed by atoms with E-state index < -0.39 is 0 Å². The van der Waals surface area contributed by atoms with Gasteiger partial charge in [0.2, 0.25) is 0 Å². The van der Waals surface area contributed by atoms with Gasteiger partial charge in [0.25, 0.3) is 0 Å².